The van der Waals surface area contributed by atoms with Crippen LogP contribution in [0.25, 0.3) is 22.0 Å². The second-order valence-electron chi connectivity index (χ2n) is 10.3. The van der Waals surface area contributed by atoms with Crippen molar-refractivity contribution in [2.45, 2.75) is 46.2 Å². The van der Waals surface area contributed by atoms with Crippen molar-refractivity contribution < 1.29 is 4.39 Å². The number of piperidine rings is 1. The number of aryl methyl sites for hydroxylation is 1. The summed E-state index contributed by atoms with van der Waals surface area (Å²) in [5.74, 6) is 1.59. The summed E-state index contributed by atoms with van der Waals surface area (Å²) < 4.78 is 17.7. The lowest BCUT2D eigenvalue weighted by Crippen LogP contribution is -2.46. The molecule has 0 spiro atoms. The molecule has 0 amide bonds. The number of rotatable bonds is 5. The van der Waals surface area contributed by atoms with Gasteiger partial charge in [-0.2, -0.15) is 0 Å². The lowest BCUT2D eigenvalue weighted by atomic mass is 9.88. The Morgan fingerprint density at radius 2 is 1.84 bits per heavy atom. The molecule has 170 valence electrons. The van der Waals surface area contributed by atoms with Gasteiger partial charge in [0.15, 0.2) is 5.67 Å². The summed E-state index contributed by atoms with van der Waals surface area (Å²) in [7, 11) is 2.01. The van der Waals surface area contributed by atoms with E-state index in [0.717, 1.165) is 47.5 Å². The standard InChI is InChI=1S/C26H34FN5/c1-18(26(27)9-11-32(12-10-26)17-25(3,4)5)30-24-14-22-13-20(7-8-21(22)15-29-24)23-16-28-19(2)31(23)6/h7-8,13-16H,1,9-12,17H2,2-6H3,(H,29,30). The Labute approximate surface area is 190 Å². The number of aromatic nitrogens is 3. The lowest BCUT2D eigenvalue weighted by Gasteiger charge is -2.40. The van der Waals surface area contributed by atoms with Crippen LogP contribution in [0, 0.1) is 12.3 Å². The molecule has 1 fully saturated rings. The van der Waals surface area contributed by atoms with Gasteiger partial charge < -0.3 is 14.8 Å². The highest BCUT2D eigenvalue weighted by molar-refractivity contribution is 5.88. The summed E-state index contributed by atoms with van der Waals surface area (Å²) in [4.78, 5) is 11.2. The molecule has 1 N–H and O–H groups in total. The summed E-state index contributed by atoms with van der Waals surface area (Å²) >= 11 is 0. The van der Waals surface area contributed by atoms with E-state index >= 15 is 4.39 Å². The van der Waals surface area contributed by atoms with Crippen LogP contribution in [0.2, 0.25) is 0 Å². The molecule has 0 atom stereocenters. The maximum Gasteiger partial charge on any atom is 0.152 e. The number of hydrogen-bond donors (Lipinski definition) is 1. The molecule has 5 nitrogen and oxygen atoms in total. The first-order valence-corrected chi connectivity index (χ1v) is 11.3. The average Bonchev–Trinajstić information content (AvgIpc) is 3.07. The molecule has 3 aromatic rings. The fraction of sp³-hybridized carbons (Fsp3) is 0.462. The molecule has 1 saturated heterocycles. The number of nitrogens with one attached hydrogen (secondary N) is 1. The largest absolute Gasteiger partial charge is 0.341 e. The number of allylic oxidation sites excluding steroid dienone is 1. The van der Waals surface area contributed by atoms with Crippen LogP contribution in [0.4, 0.5) is 10.2 Å². The molecule has 0 unspecified atom stereocenters. The Morgan fingerprint density at radius 3 is 2.47 bits per heavy atom. The van der Waals surface area contributed by atoms with Crippen LogP contribution in [-0.2, 0) is 7.05 Å². The van der Waals surface area contributed by atoms with Gasteiger partial charge >= 0.3 is 0 Å². The predicted octanol–water partition coefficient (Wildman–Crippen LogP) is 5.72. The minimum atomic E-state index is -1.42. The van der Waals surface area contributed by atoms with Crippen LogP contribution in [-0.4, -0.2) is 44.7 Å². The van der Waals surface area contributed by atoms with E-state index in [2.05, 4.69) is 70.3 Å². The van der Waals surface area contributed by atoms with Crippen LogP contribution in [0.15, 0.2) is 48.9 Å². The second kappa shape index (κ2) is 8.32. The fourth-order valence-electron chi connectivity index (χ4n) is 4.44. The van der Waals surface area contributed by atoms with Crippen molar-refractivity contribution in [3.8, 4) is 11.3 Å². The summed E-state index contributed by atoms with van der Waals surface area (Å²) in [5, 5.41) is 5.24. The Morgan fingerprint density at radius 1 is 1.12 bits per heavy atom. The molecule has 0 saturated carbocycles. The summed E-state index contributed by atoms with van der Waals surface area (Å²) in [5.41, 5.74) is 1.35. The van der Waals surface area contributed by atoms with E-state index in [-0.39, 0.29) is 5.41 Å². The van der Waals surface area contributed by atoms with Gasteiger partial charge in [0.05, 0.1) is 11.9 Å². The monoisotopic (exact) mass is 435 g/mol. The first-order valence-electron chi connectivity index (χ1n) is 11.3. The van der Waals surface area contributed by atoms with Gasteiger partial charge in [0.2, 0.25) is 0 Å². The highest BCUT2D eigenvalue weighted by atomic mass is 19.1. The van der Waals surface area contributed by atoms with Crippen molar-refractivity contribution in [2.24, 2.45) is 12.5 Å². The molecule has 0 aliphatic carbocycles. The molecule has 3 heterocycles. The van der Waals surface area contributed by atoms with Gasteiger partial charge in [-0.1, -0.05) is 39.5 Å². The normalized spacial score (nSPS) is 16.9. The van der Waals surface area contributed by atoms with Gasteiger partial charge in [0.25, 0.3) is 0 Å². The maximum atomic E-state index is 15.7. The van der Waals surface area contributed by atoms with Crippen molar-refractivity contribution in [3.05, 3.63) is 54.8 Å². The average molecular weight is 436 g/mol. The van der Waals surface area contributed by atoms with Gasteiger partial charge in [-0.05, 0) is 42.7 Å². The van der Waals surface area contributed by atoms with E-state index in [0.29, 0.717) is 24.4 Å². The molecule has 0 bridgehead atoms. The Kier molecular flexibility index (Phi) is 5.84. The van der Waals surface area contributed by atoms with Crippen molar-refractivity contribution in [1.82, 2.24) is 19.4 Å². The zero-order valence-corrected chi connectivity index (χ0v) is 19.9. The number of pyridine rings is 1. The number of fused-ring (bicyclic) bond motifs is 1. The smallest absolute Gasteiger partial charge is 0.152 e. The van der Waals surface area contributed by atoms with Crippen LogP contribution >= 0.6 is 0 Å². The number of halogens is 1. The third-order valence-electron chi connectivity index (χ3n) is 6.40. The van der Waals surface area contributed by atoms with Crippen molar-refractivity contribution in [3.63, 3.8) is 0 Å². The predicted molar refractivity (Wildman–Crippen MR) is 130 cm³/mol. The third-order valence-corrected chi connectivity index (χ3v) is 6.40. The lowest BCUT2D eigenvalue weighted by molar-refractivity contribution is 0.0696. The number of anilines is 1. The topological polar surface area (TPSA) is 46.0 Å². The van der Waals surface area contributed by atoms with Gasteiger partial charge in [-0.25, -0.2) is 14.4 Å². The Bertz CT molecular complexity index is 1130. The number of benzene rings is 1. The Hall–Kier alpha value is -2.73. The van der Waals surface area contributed by atoms with Gasteiger partial charge in [0.1, 0.15) is 11.6 Å². The first kappa shape index (κ1) is 22.5. The molecule has 1 aliphatic rings. The molecular formula is C26H34FN5. The SMILES string of the molecule is C=C(Nc1cc2cc(-c3cnc(C)n3C)ccc2cn1)C1(F)CCN(CC(C)(C)C)CC1. The first-order chi connectivity index (χ1) is 15.0. The molecule has 32 heavy (non-hydrogen) atoms. The molecule has 6 heteroatoms. The van der Waals surface area contributed by atoms with E-state index in [1.54, 1.807) is 0 Å². The number of alkyl halides is 1. The fourth-order valence-corrected chi connectivity index (χ4v) is 4.44. The minimum Gasteiger partial charge on any atom is -0.341 e. The van der Waals surface area contributed by atoms with Crippen LogP contribution in [0.5, 0.6) is 0 Å². The molecule has 1 aliphatic heterocycles. The highest BCUT2D eigenvalue weighted by Crippen LogP contribution is 2.35. The number of nitrogens with zero attached hydrogens (tertiary/aromatic N) is 4. The quantitative estimate of drug-likeness (QED) is 0.557. The minimum absolute atomic E-state index is 0.216. The zero-order valence-electron chi connectivity index (χ0n) is 19.9. The van der Waals surface area contributed by atoms with E-state index in [4.69, 9.17) is 0 Å². The van der Waals surface area contributed by atoms with E-state index in [1.165, 1.54) is 0 Å². The van der Waals surface area contributed by atoms with Crippen molar-refractivity contribution in [2.75, 3.05) is 25.0 Å². The third kappa shape index (κ3) is 4.70. The van der Waals surface area contributed by atoms with E-state index in [1.807, 2.05) is 32.4 Å². The van der Waals surface area contributed by atoms with E-state index in [9.17, 15) is 0 Å². The molecule has 0 radical (unpaired) electrons. The van der Waals surface area contributed by atoms with Crippen LogP contribution in [0.3, 0.4) is 0 Å². The Balaban J connectivity index is 1.49. The van der Waals surface area contributed by atoms with Crippen molar-refractivity contribution >= 4 is 16.6 Å². The molecule has 1 aromatic carbocycles. The summed E-state index contributed by atoms with van der Waals surface area (Å²) in [6, 6.07) is 8.22. The maximum absolute atomic E-state index is 15.7. The second-order valence-corrected chi connectivity index (χ2v) is 10.3. The number of hydrogen-bond acceptors (Lipinski definition) is 4. The molecule has 4 rings (SSSR count). The summed E-state index contributed by atoms with van der Waals surface area (Å²) in [6.07, 6.45) is 4.61. The highest BCUT2D eigenvalue weighted by Gasteiger charge is 2.38. The molecule has 2 aromatic heterocycles. The van der Waals surface area contributed by atoms with Crippen LogP contribution < -0.4 is 5.32 Å². The van der Waals surface area contributed by atoms with Crippen LogP contribution in [0.1, 0.15) is 39.4 Å². The van der Waals surface area contributed by atoms with Gasteiger partial charge in [0, 0.05) is 49.5 Å². The zero-order chi connectivity index (χ0) is 23.1. The molecular weight excluding hydrogens is 401 g/mol. The number of likely N-dealkylation sites (tertiary alicyclic amines) is 1. The number of imidazole rings is 1. The van der Waals surface area contributed by atoms with Gasteiger partial charge in [-0.3, -0.25) is 0 Å². The van der Waals surface area contributed by atoms with E-state index < -0.39 is 5.67 Å². The van der Waals surface area contributed by atoms with Crippen molar-refractivity contribution in [1.29, 1.82) is 0 Å². The van der Waals surface area contributed by atoms with Gasteiger partial charge in [-0.15, -0.1) is 0 Å². The summed E-state index contributed by atoms with van der Waals surface area (Å²) in [6.45, 7) is 15.2.